The van der Waals surface area contributed by atoms with Gasteiger partial charge in [0.1, 0.15) is 0 Å². The topological polar surface area (TPSA) is 53.0 Å². The molecule has 0 unspecified atom stereocenters. The summed E-state index contributed by atoms with van der Waals surface area (Å²) in [5, 5.41) is 10.4. The number of piperazine rings is 1. The van der Waals surface area contributed by atoms with E-state index in [2.05, 4.69) is 11.0 Å². The van der Waals surface area contributed by atoms with Crippen molar-refractivity contribution in [3.05, 3.63) is 59.1 Å². The SMILES string of the molecule is O=C(COc1ccccc1O)N1CCN(Cc2cccc(Cl)c2)CC1. The Morgan fingerprint density at radius 1 is 1.08 bits per heavy atom. The molecule has 1 amide bonds. The van der Waals surface area contributed by atoms with Crippen molar-refractivity contribution in [3.8, 4) is 11.5 Å². The number of halogens is 1. The standard InChI is InChI=1S/C19H21ClN2O3/c20-16-5-3-4-15(12-16)13-21-8-10-22(11-9-21)19(24)14-25-18-7-2-1-6-17(18)23/h1-7,12,23H,8-11,13-14H2. The highest BCUT2D eigenvalue weighted by atomic mass is 35.5. The predicted molar refractivity (Wildman–Crippen MR) is 96.9 cm³/mol. The Bertz CT molecular complexity index is 730. The molecule has 1 fully saturated rings. The zero-order chi connectivity index (χ0) is 17.6. The number of para-hydroxylation sites is 2. The van der Waals surface area contributed by atoms with Crippen LogP contribution in [0.4, 0.5) is 0 Å². The van der Waals surface area contributed by atoms with Crippen LogP contribution in [0.15, 0.2) is 48.5 Å². The fourth-order valence-electron chi connectivity index (χ4n) is 2.86. The molecule has 0 spiro atoms. The lowest BCUT2D eigenvalue weighted by molar-refractivity contribution is -0.135. The molecule has 1 saturated heterocycles. The van der Waals surface area contributed by atoms with Gasteiger partial charge in [0.25, 0.3) is 5.91 Å². The quantitative estimate of drug-likeness (QED) is 0.890. The van der Waals surface area contributed by atoms with Gasteiger partial charge in [-0.2, -0.15) is 0 Å². The Morgan fingerprint density at radius 2 is 1.84 bits per heavy atom. The maximum Gasteiger partial charge on any atom is 0.260 e. The number of carbonyl (C=O) groups excluding carboxylic acids is 1. The van der Waals surface area contributed by atoms with Gasteiger partial charge < -0.3 is 14.7 Å². The third-order valence-corrected chi connectivity index (χ3v) is 4.47. The Balaban J connectivity index is 1.45. The third kappa shape index (κ3) is 4.87. The highest BCUT2D eigenvalue weighted by molar-refractivity contribution is 6.30. The van der Waals surface area contributed by atoms with Crippen LogP contribution in [0.1, 0.15) is 5.56 Å². The minimum atomic E-state index is -0.0642. The van der Waals surface area contributed by atoms with Gasteiger partial charge in [0, 0.05) is 37.7 Å². The number of benzene rings is 2. The first-order valence-electron chi connectivity index (χ1n) is 8.27. The average molecular weight is 361 g/mol. The summed E-state index contributed by atoms with van der Waals surface area (Å²) in [5.74, 6) is 0.308. The molecular formula is C19H21ClN2O3. The van der Waals surface area contributed by atoms with Crippen LogP contribution in [-0.2, 0) is 11.3 Å². The van der Waals surface area contributed by atoms with Crippen LogP contribution >= 0.6 is 11.6 Å². The van der Waals surface area contributed by atoms with Crippen molar-refractivity contribution in [2.75, 3.05) is 32.8 Å². The molecule has 0 aromatic heterocycles. The largest absolute Gasteiger partial charge is 0.504 e. The van der Waals surface area contributed by atoms with Crippen molar-refractivity contribution >= 4 is 17.5 Å². The van der Waals surface area contributed by atoms with Gasteiger partial charge in [0.15, 0.2) is 18.1 Å². The lowest BCUT2D eigenvalue weighted by atomic mass is 10.2. The molecule has 1 aliphatic rings. The van der Waals surface area contributed by atoms with Crippen molar-refractivity contribution in [1.82, 2.24) is 9.80 Å². The van der Waals surface area contributed by atoms with Crippen molar-refractivity contribution < 1.29 is 14.6 Å². The number of carbonyl (C=O) groups is 1. The Labute approximate surface area is 152 Å². The summed E-state index contributed by atoms with van der Waals surface area (Å²) in [6.45, 7) is 3.74. The molecule has 132 valence electrons. The number of rotatable bonds is 5. The molecule has 3 rings (SSSR count). The van der Waals surface area contributed by atoms with Gasteiger partial charge >= 0.3 is 0 Å². The monoisotopic (exact) mass is 360 g/mol. The Hall–Kier alpha value is -2.24. The molecule has 0 bridgehead atoms. The fraction of sp³-hybridized carbons (Fsp3) is 0.316. The Morgan fingerprint density at radius 3 is 2.56 bits per heavy atom. The van der Waals surface area contributed by atoms with Crippen LogP contribution in [0.25, 0.3) is 0 Å². The van der Waals surface area contributed by atoms with Gasteiger partial charge in [-0.15, -0.1) is 0 Å². The number of amides is 1. The second-order valence-electron chi connectivity index (χ2n) is 6.04. The van der Waals surface area contributed by atoms with Crippen LogP contribution in [0.5, 0.6) is 11.5 Å². The first-order valence-corrected chi connectivity index (χ1v) is 8.65. The second kappa shape index (κ2) is 8.23. The van der Waals surface area contributed by atoms with Crippen LogP contribution in [-0.4, -0.2) is 53.6 Å². The van der Waals surface area contributed by atoms with Gasteiger partial charge in [-0.25, -0.2) is 0 Å². The van der Waals surface area contributed by atoms with Crippen LogP contribution < -0.4 is 4.74 Å². The van der Waals surface area contributed by atoms with Crippen LogP contribution in [0.3, 0.4) is 0 Å². The zero-order valence-electron chi connectivity index (χ0n) is 13.9. The maximum atomic E-state index is 12.3. The first kappa shape index (κ1) is 17.6. The van der Waals surface area contributed by atoms with E-state index in [0.717, 1.165) is 24.7 Å². The highest BCUT2D eigenvalue weighted by Gasteiger charge is 2.21. The van der Waals surface area contributed by atoms with E-state index in [9.17, 15) is 9.90 Å². The second-order valence-corrected chi connectivity index (χ2v) is 6.48. The van der Waals surface area contributed by atoms with E-state index in [1.54, 1.807) is 23.1 Å². The molecule has 1 N–H and O–H groups in total. The molecule has 25 heavy (non-hydrogen) atoms. The molecule has 6 heteroatoms. The number of hydrogen-bond donors (Lipinski definition) is 1. The summed E-state index contributed by atoms with van der Waals surface area (Å²) in [6, 6.07) is 14.5. The van der Waals surface area contributed by atoms with E-state index < -0.39 is 0 Å². The number of ether oxygens (including phenoxy) is 1. The normalized spacial score (nSPS) is 15.2. The smallest absolute Gasteiger partial charge is 0.260 e. The average Bonchev–Trinajstić information content (AvgIpc) is 2.61. The molecule has 2 aromatic carbocycles. The fourth-order valence-corrected chi connectivity index (χ4v) is 3.07. The summed E-state index contributed by atoms with van der Waals surface area (Å²) >= 11 is 6.02. The van der Waals surface area contributed by atoms with E-state index in [1.165, 1.54) is 11.6 Å². The molecule has 0 radical (unpaired) electrons. The molecule has 1 aliphatic heterocycles. The minimum absolute atomic E-state index is 0.0432. The summed E-state index contributed by atoms with van der Waals surface area (Å²) in [5.41, 5.74) is 1.18. The number of phenols is 1. The van der Waals surface area contributed by atoms with E-state index in [4.69, 9.17) is 16.3 Å². The summed E-state index contributed by atoms with van der Waals surface area (Å²) in [6.07, 6.45) is 0. The van der Waals surface area contributed by atoms with Gasteiger partial charge in [-0.3, -0.25) is 9.69 Å². The predicted octanol–water partition coefficient (Wildman–Crippen LogP) is 2.77. The maximum absolute atomic E-state index is 12.3. The summed E-state index contributed by atoms with van der Waals surface area (Å²) in [4.78, 5) is 16.4. The van der Waals surface area contributed by atoms with Gasteiger partial charge in [-0.05, 0) is 29.8 Å². The van der Waals surface area contributed by atoms with E-state index in [-0.39, 0.29) is 18.3 Å². The molecule has 0 atom stereocenters. The highest BCUT2D eigenvalue weighted by Crippen LogP contribution is 2.24. The van der Waals surface area contributed by atoms with E-state index in [0.29, 0.717) is 18.8 Å². The molecule has 1 heterocycles. The zero-order valence-corrected chi connectivity index (χ0v) is 14.7. The van der Waals surface area contributed by atoms with Crippen LogP contribution in [0.2, 0.25) is 5.02 Å². The molecule has 2 aromatic rings. The third-order valence-electron chi connectivity index (χ3n) is 4.24. The van der Waals surface area contributed by atoms with Crippen LogP contribution in [0, 0.1) is 0 Å². The van der Waals surface area contributed by atoms with Crippen molar-refractivity contribution in [3.63, 3.8) is 0 Å². The van der Waals surface area contributed by atoms with Crippen molar-refractivity contribution in [1.29, 1.82) is 0 Å². The molecule has 0 aliphatic carbocycles. The lowest BCUT2D eigenvalue weighted by Crippen LogP contribution is -2.49. The summed E-state index contributed by atoms with van der Waals surface area (Å²) < 4.78 is 5.42. The van der Waals surface area contributed by atoms with Gasteiger partial charge in [0.05, 0.1) is 0 Å². The van der Waals surface area contributed by atoms with Gasteiger partial charge in [0.2, 0.25) is 0 Å². The number of nitrogens with zero attached hydrogens (tertiary/aromatic N) is 2. The van der Waals surface area contributed by atoms with Crippen molar-refractivity contribution in [2.45, 2.75) is 6.54 Å². The van der Waals surface area contributed by atoms with E-state index in [1.807, 2.05) is 18.2 Å². The number of phenolic OH excluding ortho intramolecular Hbond substituents is 1. The van der Waals surface area contributed by atoms with Gasteiger partial charge in [-0.1, -0.05) is 35.9 Å². The number of aromatic hydroxyl groups is 1. The number of hydrogen-bond acceptors (Lipinski definition) is 4. The van der Waals surface area contributed by atoms with Crippen molar-refractivity contribution in [2.24, 2.45) is 0 Å². The summed E-state index contributed by atoms with van der Waals surface area (Å²) in [7, 11) is 0. The Kier molecular flexibility index (Phi) is 5.79. The molecule has 0 saturated carbocycles. The first-order chi connectivity index (χ1) is 12.1. The minimum Gasteiger partial charge on any atom is -0.504 e. The molecular weight excluding hydrogens is 340 g/mol. The lowest BCUT2D eigenvalue weighted by Gasteiger charge is -2.34. The molecule has 5 nitrogen and oxygen atoms in total. The van der Waals surface area contributed by atoms with E-state index >= 15 is 0 Å².